The molecule has 0 aromatic heterocycles. The van der Waals surface area contributed by atoms with Gasteiger partial charge in [0.05, 0.1) is 31.5 Å². The van der Waals surface area contributed by atoms with Gasteiger partial charge in [-0.15, -0.1) is 0 Å². The molecule has 0 spiro atoms. The van der Waals surface area contributed by atoms with E-state index in [1.165, 1.54) is 60.8 Å². The maximum Gasteiger partial charge on any atom is 0.410 e. The van der Waals surface area contributed by atoms with Crippen molar-refractivity contribution in [2.75, 3.05) is 32.9 Å². The van der Waals surface area contributed by atoms with E-state index in [9.17, 15) is 9.90 Å². The van der Waals surface area contributed by atoms with Gasteiger partial charge in [0.1, 0.15) is 5.60 Å². The van der Waals surface area contributed by atoms with Gasteiger partial charge in [-0.05, 0) is 111 Å². The number of ether oxygens (including phenoxy) is 3. The Morgan fingerprint density at radius 3 is 1.78 bits per heavy atom. The lowest BCUT2D eigenvalue weighted by atomic mass is 9.77. The van der Waals surface area contributed by atoms with Crippen LogP contribution in [0.1, 0.15) is 111 Å². The molecule has 3 aromatic rings. The van der Waals surface area contributed by atoms with Gasteiger partial charge in [0, 0.05) is 25.6 Å². The Morgan fingerprint density at radius 1 is 0.800 bits per heavy atom. The monoisotopic (exact) mass is 683 g/mol. The number of rotatable bonds is 6. The van der Waals surface area contributed by atoms with Crippen molar-refractivity contribution < 1.29 is 29.2 Å². The first-order chi connectivity index (χ1) is 24.2. The van der Waals surface area contributed by atoms with E-state index >= 15 is 0 Å². The van der Waals surface area contributed by atoms with Gasteiger partial charge in [-0.2, -0.15) is 0 Å². The largest absolute Gasteiger partial charge is 0.444 e. The molecule has 8 rings (SSSR count). The third-order valence-corrected chi connectivity index (χ3v) is 11.0. The summed E-state index contributed by atoms with van der Waals surface area (Å²) in [5.41, 5.74) is 7.23. The van der Waals surface area contributed by atoms with Crippen molar-refractivity contribution in [1.29, 1.82) is 0 Å². The summed E-state index contributed by atoms with van der Waals surface area (Å²) < 4.78 is 17.1. The summed E-state index contributed by atoms with van der Waals surface area (Å²) in [7, 11) is 0. The lowest BCUT2D eigenvalue weighted by Crippen LogP contribution is -2.53. The topological polar surface area (TPSA) is 88.5 Å². The molecular formula is C43H57NO6. The lowest BCUT2D eigenvalue weighted by molar-refractivity contribution is -0.0316. The number of aliphatic hydroxyl groups is 2. The number of carbonyl (C=O) groups is 1. The summed E-state index contributed by atoms with van der Waals surface area (Å²) in [6.45, 7) is 8.37. The quantitative estimate of drug-likeness (QED) is 0.272. The maximum atomic E-state index is 11.9. The smallest absolute Gasteiger partial charge is 0.410 e. The van der Waals surface area contributed by atoms with E-state index < -0.39 is 11.7 Å². The number of hydrogen-bond acceptors (Lipinski definition) is 6. The molecule has 50 heavy (non-hydrogen) atoms. The van der Waals surface area contributed by atoms with Crippen molar-refractivity contribution in [1.82, 2.24) is 4.90 Å². The summed E-state index contributed by atoms with van der Waals surface area (Å²) in [6.07, 6.45) is 10.8. The van der Waals surface area contributed by atoms with Crippen molar-refractivity contribution in [3.05, 3.63) is 106 Å². The molecule has 1 saturated heterocycles. The van der Waals surface area contributed by atoms with Gasteiger partial charge in [0.2, 0.25) is 0 Å². The Hall–Kier alpha value is -3.23. The fourth-order valence-electron chi connectivity index (χ4n) is 7.73. The van der Waals surface area contributed by atoms with Crippen molar-refractivity contribution in [3.8, 4) is 0 Å². The van der Waals surface area contributed by atoms with E-state index in [2.05, 4.69) is 48.5 Å². The molecule has 2 N–H and O–H groups in total. The van der Waals surface area contributed by atoms with Crippen LogP contribution in [-0.2, 0) is 33.5 Å². The highest BCUT2D eigenvalue weighted by molar-refractivity contribution is 5.69. The number of amides is 1. The molecule has 1 amide bonds. The van der Waals surface area contributed by atoms with E-state index in [1.54, 1.807) is 4.90 Å². The second-order valence-corrected chi connectivity index (χ2v) is 15.6. The van der Waals surface area contributed by atoms with Gasteiger partial charge >= 0.3 is 6.09 Å². The van der Waals surface area contributed by atoms with Gasteiger partial charge in [0.25, 0.3) is 0 Å². The van der Waals surface area contributed by atoms with Crippen LogP contribution in [0.3, 0.4) is 0 Å². The number of aliphatic hydroxyl groups excluding tert-OH is 2. The molecule has 270 valence electrons. The fraction of sp³-hybridized carbons (Fsp3) is 0.558. The molecule has 3 heterocycles. The standard InChI is InChI=1S/C17H25NO4.2C13H16O/c1-17(2,3)22-16(21)18-10-13(11-18)15(20)14-7-5-4-6-12(14)8-9-19;2*1-2-7-12-10(4-1)8-9-14-13(12)11-5-3-6-11/h4-7,13,15,19-20H,8-11H2,1-3H3;2*1-2,4,7,11,13H,3,5-6,8-9H2/t;2*13-/m.10/s1. The van der Waals surface area contributed by atoms with Gasteiger partial charge in [-0.1, -0.05) is 85.6 Å². The Labute approximate surface area is 299 Å². The van der Waals surface area contributed by atoms with Gasteiger partial charge in [0.15, 0.2) is 0 Å². The molecule has 3 fully saturated rings. The van der Waals surface area contributed by atoms with Crippen LogP contribution >= 0.6 is 0 Å². The highest BCUT2D eigenvalue weighted by atomic mass is 16.6. The second kappa shape index (κ2) is 16.9. The number of hydrogen-bond donors (Lipinski definition) is 2. The Morgan fingerprint density at radius 2 is 1.30 bits per heavy atom. The molecule has 7 nitrogen and oxygen atoms in total. The highest BCUT2D eigenvalue weighted by Gasteiger charge is 2.39. The average molecular weight is 684 g/mol. The van der Waals surface area contributed by atoms with Crippen LogP contribution in [0, 0.1) is 17.8 Å². The van der Waals surface area contributed by atoms with Crippen molar-refractivity contribution in [3.63, 3.8) is 0 Å². The van der Waals surface area contributed by atoms with Crippen molar-refractivity contribution in [2.24, 2.45) is 17.8 Å². The number of fused-ring (bicyclic) bond motifs is 2. The molecule has 0 radical (unpaired) electrons. The van der Waals surface area contributed by atoms with Crippen molar-refractivity contribution in [2.45, 2.75) is 102 Å². The van der Waals surface area contributed by atoms with Crippen LogP contribution in [0.15, 0.2) is 72.8 Å². The minimum atomic E-state index is -0.624. The number of likely N-dealkylation sites (tertiary alicyclic amines) is 1. The molecule has 1 unspecified atom stereocenters. The minimum Gasteiger partial charge on any atom is -0.444 e. The zero-order valence-corrected chi connectivity index (χ0v) is 30.3. The fourth-order valence-corrected chi connectivity index (χ4v) is 7.73. The van der Waals surface area contributed by atoms with Crippen LogP contribution in [0.25, 0.3) is 0 Å². The summed E-state index contributed by atoms with van der Waals surface area (Å²) in [5, 5.41) is 19.6. The van der Waals surface area contributed by atoms with Crippen LogP contribution in [0.2, 0.25) is 0 Å². The Kier molecular flexibility index (Phi) is 12.3. The first-order valence-corrected chi connectivity index (χ1v) is 18.9. The highest BCUT2D eigenvalue weighted by Crippen LogP contribution is 2.44. The van der Waals surface area contributed by atoms with E-state index in [-0.39, 0.29) is 18.6 Å². The first kappa shape index (κ1) is 36.6. The molecule has 3 aliphatic heterocycles. The predicted octanol–water partition coefficient (Wildman–Crippen LogP) is 8.32. The minimum absolute atomic E-state index is 0.00682. The zero-order chi connectivity index (χ0) is 35.1. The normalized spacial score (nSPS) is 22.5. The second-order valence-electron chi connectivity index (χ2n) is 15.6. The molecule has 2 aliphatic carbocycles. The van der Waals surface area contributed by atoms with Crippen LogP contribution in [0.4, 0.5) is 4.79 Å². The molecule has 7 heteroatoms. The molecular weight excluding hydrogens is 626 g/mol. The molecule has 3 aromatic carbocycles. The van der Waals surface area contributed by atoms with Crippen LogP contribution in [-0.4, -0.2) is 59.7 Å². The van der Waals surface area contributed by atoms with Gasteiger partial charge in [-0.3, -0.25) is 0 Å². The molecule has 3 atom stereocenters. The first-order valence-electron chi connectivity index (χ1n) is 18.9. The van der Waals surface area contributed by atoms with E-state index in [4.69, 9.17) is 19.3 Å². The number of carbonyl (C=O) groups excluding carboxylic acids is 1. The van der Waals surface area contributed by atoms with E-state index in [1.807, 2.05) is 45.0 Å². The van der Waals surface area contributed by atoms with E-state index in [0.717, 1.165) is 49.0 Å². The average Bonchev–Trinajstić information content (AvgIpc) is 3.03. The third-order valence-electron chi connectivity index (χ3n) is 11.0. The summed E-state index contributed by atoms with van der Waals surface area (Å²) in [4.78, 5) is 13.5. The summed E-state index contributed by atoms with van der Waals surface area (Å²) in [6, 6.07) is 25.1. The van der Waals surface area contributed by atoms with Gasteiger partial charge in [-0.25, -0.2) is 4.79 Å². The maximum absolute atomic E-state index is 11.9. The van der Waals surface area contributed by atoms with Crippen LogP contribution < -0.4 is 0 Å². The summed E-state index contributed by atoms with van der Waals surface area (Å²) in [5.74, 6) is 1.61. The van der Waals surface area contributed by atoms with Gasteiger partial charge < -0.3 is 29.3 Å². The SMILES string of the molecule is CC(C)(C)OC(=O)N1CC(C(O)c2ccccc2CCO)C1.c1ccc2c(c1)CCO[C@@H]2C1CCC1.c1ccc2c(c1)CCO[C@H]2C1CCC1. The Bertz CT molecular complexity index is 1470. The zero-order valence-electron chi connectivity index (χ0n) is 30.3. The molecule has 2 saturated carbocycles. The van der Waals surface area contributed by atoms with E-state index in [0.29, 0.717) is 31.7 Å². The summed E-state index contributed by atoms with van der Waals surface area (Å²) >= 11 is 0. The number of nitrogens with zero attached hydrogens (tertiary/aromatic N) is 1. The van der Waals surface area contributed by atoms with Crippen LogP contribution in [0.5, 0.6) is 0 Å². The lowest BCUT2D eigenvalue weighted by Gasteiger charge is -2.42. The molecule has 0 bridgehead atoms. The predicted molar refractivity (Wildman–Crippen MR) is 196 cm³/mol. The number of benzene rings is 3. The Balaban J connectivity index is 0.000000134. The van der Waals surface area contributed by atoms with Crippen molar-refractivity contribution >= 4 is 6.09 Å². The molecule has 5 aliphatic rings. The third kappa shape index (κ3) is 8.97.